The molecule has 2 amide bonds. The molecule has 0 saturated carbocycles. The smallest absolute Gasteiger partial charge is 0.268 e. The summed E-state index contributed by atoms with van der Waals surface area (Å²) in [5.41, 5.74) is 2.72. The third-order valence-electron chi connectivity index (χ3n) is 4.81. The van der Waals surface area contributed by atoms with Gasteiger partial charge in [-0.15, -0.1) is 23.1 Å². The summed E-state index contributed by atoms with van der Waals surface area (Å²) in [6.07, 6.45) is 2.67. The molecule has 4 rings (SSSR count). The van der Waals surface area contributed by atoms with Crippen LogP contribution in [-0.4, -0.2) is 45.3 Å². The number of hydrogen-bond donors (Lipinski definition) is 1. The molecule has 7 heteroatoms. The summed E-state index contributed by atoms with van der Waals surface area (Å²) in [4.78, 5) is 28.6. The zero-order valence-electron chi connectivity index (χ0n) is 15.4. The Morgan fingerprint density at radius 2 is 1.93 bits per heavy atom. The first-order chi connectivity index (χ1) is 13.6. The second kappa shape index (κ2) is 7.95. The number of aryl methyl sites for hydroxylation is 1. The summed E-state index contributed by atoms with van der Waals surface area (Å²) in [5.74, 6) is -0.111. The van der Waals surface area contributed by atoms with E-state index in [0.29, 0.717) is 29.2 Å². The zero-order chi connectivity index (χ0) is 19.7. The average Bonchev–Trinajstić information content (AvgIpc) is 3.38. The topological polar surface area (TPSA) is 62.5 Å². The van der Waals surface area contributed by atoms with Gasteiger partial charge in [-0.25, -0.2) is 0 Å². The predicted octanol–water partition coefficient (Wildman–Crippen LogP) is 3.29. The Morgan fingerprint density at radius 3 is 2.68 bits per heavy atom. The van der Waals surface area contributed by atoms with E-state index in [1.165, 1.54) is 28.0 Å². The van der Waals surface area contributed by atoms with Crippen molar-refractivity contribution in [1.82, 2.24) is 9.47 Å². The van der Waals surface area contributed by atoms with E-state index in [2.05, 4.69) is 22.9 Å². The fourth-order valence-corrected chi connectivity index (χ4v) is 5.24. The van der Waals surface area contributed by atoms with E-state index in [1.54, 1.807) is 0 Å². The van der Waals surface area contributed by atoms with E-state index in [-0.39, 0.29) is 18.4 Å². The molecule has 144 valence electrons. The Kier molecular flexibility index (Phi) is 5.39. The minimum absolute atomic E-state index is 0.0383. The molecule has 0 radical (unpaired) electrons. The van der Waals surface area contributed by atoms with Crippen LogP contribution in [0, 0.1) is 0 Å². The summed E-state index contributed by atoms with van der Waals surface area (Å²) in [6, 6.07) is 11.9. The number of fused-ring (bicyclic) bond motifs is 1. The predicted molar refractivity (Wildman–Crippen MR) is 114 cm³/mol. The van der Waals surface area contributed by atoms with Gasteiger partial charge >= 0.3 is 0 Å². The number of amides is 2. The number of aromatic nitrogens is 1. The lowest BCUT2D eigenvalue weighted by Crippen LogP contribution is -2.33. The number of para-hydroxylation sites is 1. The number of rotatable bonds is 7. The van der Waals surface area contributed by atoms with Gasteiger partial charge in [0.15, 0.2) is 0 Å². The number of aliphatic hydroxyl groups is 1. The summed E-state index contributed by atoms with van der Waals surface area (Å²) >= 11 is 2.70. The molecule has 28 heavy (non-hydrogen) atoms. The van der Waals surface area contributed by atoms with Gasteiger partial charge in [0.1, 0.15) is 0 Å². The van der Waals surface area contributed by atoms with Gasteiger partial charge in [0.05, 0.1) is 17.1 Å². The van der Waals surface area contributed by atoms with Gasteiger partial charge in [0.2, 0.25) is 0 Å². The third-order valence-corrected chi connectivity index (χ3v) is 6.76. The van der Waals surface area contributed by atoms with Crippen LogP contribution in [0.4, 0.5) is 0 Å². The molecule has 0 atom stereocenters. The molecule has 0 aliphatic carbocycles. The van der Waals surface area contributed by atoms with Crippen LogP contribution in [0.2, 0.25) is 0 Å². The number of thioether (sulfide) groups is 1. The Balaban J connectivity index is 1.59. The third kappa shape index (κ3) is 3.30. The second-order valence-electron chi connectivity index (χ2n) is 6.55. The first-order valence-electron chi connectivity index (χ1n) is 9.02. The number of carbonyl (C=O) groups is 2. The number of carbonyl (C=O) groups excluding carboxylic acids is 2. The van der Waals surface area contributed by atoms with Crippen LogP contribution in [0.3, 0.4) is 0 Å². The molecule has 2 aromatic heterocycles. The van der Waals surface area contributed by atoms with E-state index in [0.717, 1.165) is 21.3 Å². The van der Waals surface area contributed by atoms with E-state index < -0.39 is 0 Å². The maximum Gasteiger partial charge on any atom is 0.268 e. The summed E-state index contributed by atoms with van der Waals surface area (Å²) in [5, 5.41) is 12.2. The Labute approximate surface area is 171 Å². The van der Waals surface area contributed by atoms with Crippen molar-refractivity contribution in [2.45, 2.75) is 6.42 Å². The number of imide groups is 1. The summed E-state index contributed by atoms with van der Waals surface area (Å²) in [6.45, 7) is 0.299. The van der Waals surface area contributed by atoms with Gasteiger partial charge in [0, 0.05) is 41.3 Å². The molecular formula is C21H20N2O3S2. The first kappa shape index (κ1) is 19.0. The number of aliphatic hydroxyl groups excluding tert-OH is 1. The largest absolute Gasteiger partial charge is 0.396 e. The van der Waals surface area contributed by atoms with Gasteiger partial charge in [-0.1, -0.05) is 24.3 Å². The van der Waals surface area contributed by atoms with Crippen molar-refractivity contribution in [3.8, 4) is 0 Å². The van der Waals surface area contributed by atoms with Crippen LogP contribution in [0.5, 0.6) is 0 Å². The summed E-state index contributed by atoms with van der Waals surface area (Å²) < 4.78 is 2.07. The average molecular weight is 413 g/mol. The molecule has 1 aliphatic rings. The van der Waals surface area contributed by atoms with Crippen molar-refractivity contribution in [3.63, 3.8) is 0 Å². The van der Waals surface area contributed by atoms with Crippen LogP contribution in [-0.2, 0) is 23.1 Å². The fraction of sp³-hybridized carbons (Fsp3) is 0.238. The highest BCUT2D eigenvalue weighted by Crippen LogP contribution is 2.37. The highest BCUT2D eigenvalue weighted by Gasteiger charge is 2.39. The van der Waals surface area contributed by atoms with Crippen molar-refractivity contribution < 1.29 is 14.7 Å². The minimum Gasteiger partial charge on any atom is -0.396 e. The van der Waals surface area contributed by atoms with Crippen LogP contribution < -0.4 is 0 Å². The minimum atomic E-state index is -0.257. The van der Waals surface area contributed by atoms with Crippen molar-refractivity contribution in [1.29, 1.82) is 0 Å². The normalized spacial score (nSPS) is 14.7. The molecule has 1 aliphatic heterocycles. The van der Waals surface area contributed by atoms with Crippen LogP contribution >= 0.6 is 23.1 Å². The molecule has 0 unspecified atom stereocenters. The monoisotopic (exact) mass is 412 g/mol. The molecule has 3 heterocycles. The van der Waals surface area contributed by atoms with Crippen LogP contribution in [0.25, 0.3) is 16.5 Å². The van der Waals surface area contributed by atoms with Gasteiger partial charge in [-0.05, 0) is 29.5 Å². The van der Waals surface area contributed by atoms with Crippen molar-refractivity contribution in [3.05, 3.63) is 63.3 Å². The maximum atomic E-state index is 13.1. The molecule has 0 saturated heterocycles. The van der Waals surface area contributed by atoms with Crippen molar-refractivity contribution in [2.24, 2.45) is 7.05 Å². The van der Waals surface area contributed by atoms with Gasteiger partial charge < -0.3 is 9.67 Å². The molecule has 5 nitrogen and oxygen atoms in total. The molecule has 1 N–H and O–H groups in total. The fourth-order valence-electron chi connectivity index (χ4n) is 3.53. The maximum absolute atomic E-state index is 13.1. The number of thiophene rings is 1. The molecule has 3 aromatic rings. The number of benzene rings is 1. The molecule has 1 aromatic carbocycles. The zero-order valence-corrected chi connectivity index (χ0v) is 17.1. The number of nitrogens with zero attached hydrogens (tertiary/aromatic N) is 2. The Morgan fingerprint density at radius 1 is 1.11 bits per heavy atom. The Bertz CT molecular complexity index is 1070. The SMILES string of the molecule is Cn1cc(CCN2C(=O)C(SCCO)=C(c3cccs3)C2=O)c2ccccc21. The molecule has 0 bridgehead atoms. The molecular weight excluding hydrogens is 392 g/mol. The lowest BCUT2D eigenvalue weighted by atomic mass is 10.1. The lowest BCUT2D eigenvalue weighted by molar-refractivity contribution is -0.136. The second-order valence-corrected chi connectivity index (χ2v) is 8.60. The first-order valence-corrected chi connectivity index (χ1v) is 10.9. The van der Waals surface area contributed by atoms with Gasteiger partial charge in [0.25, 0.3) is 11.8 Å². The standard InChI is InChI=1S/C21H20N2O3S2/c1-22-13-14(15-5-2-3-6-16(15)22)8-9-23-20(25)18(17-7-4-11-27-17)19(21(23)26)28-12-10-24/h2-7,11,13,24H,8-10,12H2,1H3. The van der Waals surface area contributed by atoms with E-state index >= 15 is 0 Å². The van der Waals surface area contributed by atoms with Crippen molar-refractivity contribution in [2.75, 3.05) is 18.9 Å². The highest BCUT2D eigenvalue weighted by molar-refractivity contribution is 8.04. The lowest BCUT2D eigenvalue weighted by Gasteiger charge is -2.14. The molecule has 0 fully saturated rings. The quantitative estimate of drug-likeness (QED) is 0.605. The van der Waals surface area contributed by atoms with E-state index in [1.807, 2.05) is 36.7 Å². The number of hydrogen-bond acceptors (Lipinski definition) is 5. The van der Waals surface area contributed by atoms with Crippen LogP contribution in [0.1, 0.15) is 10.4 Å². The Hall–Kier alpha value is -2.35. The molecule has 0 spiro atoms. The van der Waals surface area contributed by atoms with Crippen molar-refractivity contribution >= 4 is 51.4 Å². The highest BCUT2D eigenvalue weighted by atomic mass is 32.2. The van der Waals surface area contributed by atoms with E-state index in [4.69, 9.17) is 5.11 Å². The van der Waals surface area contributed by atoms with Gasteiger partial charge in [-0.3, -0.25) is 14.5 Å². The van der Waals surface area contributed by atoms with Crippen LogP contribution in [0.15, 0.2) is 52.9 Å². The summed E-state index contributed by atoms with van der Waals surface area (Å²) in [7, 11) is 2.00. The van der Waals surface area contributed by atoms with Gasteiger partial charge in [-0.2, -0.15) is 0 Å². The van der Waals surface area contributed by atoms with E-state index in [9.17, 15) is 9.59 Å².